The molecule has 0 spiro atoms. The van der Waals surface area contributed by atoms with E-state index in [9.17, 15) is 0 Å². The summed E-state index contributed by atoms with van der Waals surface area (Å²) in [5.74, 6) is 0. The standard InChI is InChI=1S/C15H30N4/c1-6-8-18(12-15(4,5)11-16)13(3)14-9-17-19(7-2)10-14/h9-10,13H,6-8,11-12,16H2,1-5H3. The van der Waals surface area contributed by atoms with Gasteiger partial charge in [-0.05, 0) is 38.8 Å². The number of hydrogen-bond acceptors (Lipinski definition) is 3. The van der Waals surface area contributed by atoms with Crippen LogP contribution in [0, 0.1) is 5.41 Å². The highest BCUT2D eigenvalue weighted by atomic mass is 15.3. The van der Waals surface area contributed by atoms with Crippen LogP contribution in [0.15, 0.2) is 12.4 Å². The Hall–Kier alpha value is -0.870. The number of aryl methyl sites for hydroxylation is 1. The molecule has 4 nitrogen and oxygen atoms in total. The van der Waals surface area contributed by atoms with Crippen LogP contribution >= 0.6 is 0 Å². The quantitative estimate of drug-likeness (QED) is 0.787. The Morgan fingerprint density at radius 3 is 2.58 bits per heavy atom. The van der Waals surface area contributed by atoms with Gasteiger partial charge in [-0.15, -0.1) is 0 Å². The number of hydrogen-bond donors (Lipinski definition) is 1. The van der Waals surface area contributed by atoms with Gasteiger partial charge in [0.2, 0.25) is 0 Å². The molecule has 0 aliphatic rings. The normalized spacial score (nSPS) is 14.1. The van der Waals surface area contributed by atoms with Crippen LogP contribution in [0.2, 0.25) is 0 Å². The molecule has 1 unspecified atom stereocenters. The number of aromatic nitrogens is 2. The zero-order valence-corrected chi connectivity index (χ0v) is 13.2. The van der Waals surface area contributed by atoms with Crippen molar-refractivity contribution in [1.29, 1.82) is 0 Å². The van der Waals surface area contributed by atoms with Crippen molar-refractivity contribution in [3.05, 3.63) is 18.0 Å². The molecule has 4 heteroatoms. The third kappa shape index (κ3) is 4.62. The number of nitrogens with two attached hydrogens (primary N) is 1. The molecule has 0 saturated heterocycles. The summed E-state index contributed by atoms with van der Waals surface area (Å²) in [5, 5.41) is 4.38. The Morgan fingerprint density at radius 2 is 2.11 bits per heavy atom. The van der Waals surface area contributed by atoms with E-state index in [4.69, 9.17) is 5.73 Å². The van der Waals surface area contributed by atoms with Crippen molar-refractivity contribution >= 4 is 0 Å². The molecule has 110 valence electrons. The highest BCUT2D eigenvalue weighted by molar-refractivity contribution is 5.09. The fourth-order valence-corrected chi connectivity index (χ4v) is 2.29. The van der Waals surface area contributed by atoms with Gasteiger partial charge in [-0.2, -0.15) is 5.10 Å². The predicted molar refractivity (Wildman–Crippen MR) is 81.0 cm³/mol. The van der Waals surface area contributed by atoms with Gasteiger partial charge in [0.1, 0.15) is 0 Å². The van der Waals surface area contributed by atoms with Crippen molar-refractivity contribution in [1.82, 2.24) is 14.7 Å². The Balaban J connectivity index is 2.79. The van der Waals surface area contributed by atoms with E-state index < -0.39 is 0 Å². The maximum atomic E-state index is 5.87. The maximum Gasteiger partial charge on any atom is 0.0537 e. The number of rotatable bonds is 8. The van der Waals surface area contributed by atoms with Gasteiger partial charge in [0.15, 0.2) is 0 Å². The van der Waals surface area contributed by atoms with Gasteiger partial charge in [0, 0.05) is 30.9 Å². The molecule has 1 heterocycles. The predicted octanol–water partition coefficient (Wildman–Crippen LogP) is 2.66. The van der Waals surface area contributed by atoms with Gasteiger partial charge in [-0.1, -0.05) is 20.8 Å². The summed E-state index contributed by atoms with van der Waals surface area (Å²) in [6.07, 6.45) is 5.31. The minimum Gasteiger partial charge on any atom is -0.330 e. The molecule has 0 aromatic carbocycles. The minimum absolute atomic E-state index is 0.157. The Bertz CT molecular complexity index is 370. The van der Waals surface area contributed by atoms with Crippen LogP contribution < -0.4 is 5.73 Å². The van der Waals surface area contributed by atoms with Crippen LogP contribution in [0.4, 0.5) is 0 Å². The van der Waals surface area contributed by atoms with Crippen molar-refractivity contribution in [3.8, 4) is 0 Å². The Labute approximate surface area is 118 Å². The average Bonchev–Trinajstić information content (AvgIpc) is 2.86. The monoisotopic (exact) mass is 266 g/mol. The van der Waals surface area contributed by atoms with Gasteiger partial charge >= 0.3 is 0 Å². The first-order valence-electron chi connectivity index (χ1n) is 7.40. The fraction of sp³-hybridized carbons (Fsp3) is 0.800. The van der Waals surface area contributed by atoms with Gasteiger partial charge in [0.25, 0.3) is 0 Å². The molecule has 0 bridgehead atoms. The van der Waals surface area contributed by atoms with Gasteiger partial charge in [-0.25, -0.2) is 0 Å². The maximum absolute atomic E-state index is 5.87. The van der Waals surface area contributed by atoms with E-state index in [0.717, 1.165) is 26.1 Å². The van der Waals surface area contributed by atoms with Crippen molar-refractivity contribution in [2.45, 2.75) is 53.6 Å². The zero-order chi connectivity index (χ0) is 14.5. The van der Waals surface area contributed by atoms with E-state index in [1.165, 1.54) is 5.56 Å². The van der Waals surface area contributed by atoms with Crippen molar-refractivity contribution in [3.63, 3.8) is 0 Å². The molecule has 0 aliphatic heterocycles. The first-order chi connectivity index (χ1) is 8.93. The van der Waals surface area contributed by atoms with Crippen LogP contribution in [0.1, 0.15) is 52.6 Å². The molecule has 0 fully saturated rings. The van der Waals surface area contributed by atoms with E-state index in [1.54, 1.807) is 0 Å². The molecule has 0 radical (unpaired) electrons. The van der Waals surface area contributed by atoms with Crippen LogP contribution in [-0.2, 0) is 6.54 Å². The third-order valence-corrected chi connectivity index (χ3v) is 3.70. The molecule has 1 aromatic rings. The SMILES string of the molecule is CCCN(CC(C)(C)CN)C(C)c1cnn(CC)c1. The molecule has 19 heavy (non-hydrogen) atoms. The zero-order valence-electron chi connectivity index (χ0n) is 13.2. The first kappa shape index (κ1) is 16.2. The summed E-state index contributed by atoms with van der Waals surface area (Å²) in [6, 6.07) is 0.395. The van der Waals surface area contributed by atoms with Crippen LogP contribution in [0.5, 0.6) is 0 Å². The highest BCUT2D eigenvalue weighted by Gasteiger charge is 2.24. The first-order valence-corrected chi connectivity index (χ1v) is 7.40. The lowest BCUT2D eigenvalue weighted by Gasteiger charge is -2.35. The summed E-state index contributed by atoms with van der Waals surface area (Å²) in [4.78, 5) is 2.52. The second-order valence-electron chi connectivity index (χ2n) is 6.14. The van der Waals surface area contributed by atoms with Gasteiger partial charge in [-0.3, -0.25) is 9.58 Å². The Kier molecular flexibility index (Phi) is 6.01. The van der Waals surface area contributed by atoms with E-state index in [1.807, 2.05) is 10.9 Å². The fourth-order valence-electron chi connectivity index (χ4n) is 2.29. The summed E-state index contributed by atoms with van der Waals surface area (Å²) < 4.78 is 1.99. The molecular formula is C15H30N4. The minimum atomic E-state index is 0.157. The molecule has 0 amide bonds. The van der Waals surface area contributed by atoms with Crippen molar-refractivity contribution in [2.75, 3.05) is 19.6 Å². The smallest absolute Gasteiger partial charge is 0.0537 e. The lowest BCUT2D eigenvalue weighted by atomic mass is 9.92. The largest absolute Gasteiger partial charge is 0.330 e. The molecule has 1 atom stereocenters. The van der Waals surface area contributed by atoms with E-state index in [0.29, 0.717) is 12.6 Å². The second kappa shape index (κ2) is 7.06. The molecular weight excluding hydrogens is 236 g/mol. The van der Waals surface area contributed by atoms with Crippen molar-refractivity contribution in [2.24, 2.45) is 11.1 Å². The van der Waals surface area contributed by atoms with E-state index >= 15 is 0 Å². The van der Waals surface area contributed by atoms with Gasteiger partial charge in [0.05, 0.1) is 6.20 Å². The summed E-state index contributed by atoms with van der Waals surface area (Å²) in [5.41, 5.74) is 7.32. The average molecular weight is 266 g/mol. The van der Waals surface area contributed by atoms with Crippen LogP contribution in [0.3, 0.4) is 0 Å². The molecule has 0 aliphatic carbocycles. The third-order valence-electron chi connectivity index (χ3n) is 3.70. The van der Waals surface area contributed by atoms with Gasteiger partial charge < -0.3 is 5.73 Å². The van der Waals surface area contributed by atoms with Crippen LogP contribution in [-0.4, -0.2) is 34.3 Å². The highest BCUT2D eigenvalue weighted by Crippen LogP contribution is 2.25. The molecule has 0 saturated carbocycles. The summed E-state index contributed by atoms with van der Waals surface area (Å²) in [6.45, 7) is 14.8. The lowest BCUT2D eigenvalue weighted by Crippen LogP contribution is -2.40. The Morgan fingerprint density at radius 1 is 1.42 bits per heavy atom. The molecule has 2 N–H and O–H groups in total. The van der Waals surface area contributed by atoms with E-state index in [-0.39, 0.29) is 5.41 Å². The lowest BCUT2D eigenvalue weighted by molar-refractivity contribution is 0.140. The molecule has 1 aromatic heterocycles. The number of nitrogens with zero attached hydrogens (tertiary/aromatic N) is 3. The second-order valence-corrected chi connectivity index (χ2v) is 6.14. The molecule has 1 rings (SSSR count). The van der Waals surface area contributed by atoms with E-state index in [2.05, 4.69) is 50.8 Å². The topological polar surface area (TPSA) is 47.1 Å². The van der Waals surface area contributed by atoms with Crippen molar-refractivity contribution < 1.29 is 0 Å². The summed E-state index contributed by atoms with van der Waals surface area (Å²) >= 11 is 0. The summed E-state index contributed by atoms with van der Waals surface area (Å²) in [7, 11) is 0. The van der Waals surface area contributed by atoms with Crippen LogP contribution in [0.25, 0.3) is 0 Å².